The van der Waals surface area contributed by atoms with E-state index in [1.165, 1.54) is 5.01 Å². The second-order valence-electron chi connectivity index (χ2n) is 20.9. The number of nitrogens with one attached hydrogen (secondary N) is 3. The Hall–Kier alpha value is -6.29. The quantitative estimate of drug-likeness (QED) is 0.135. The fourth-order valence-electron chi connectivity index (χ4n) is 11.0. The average Bonchev–Trinajstić information content (AvgIpc) is 3.97. The van der Waals surface area contributed by atoms with Gasteiger partial charge in [0.05, 0.1) is 42.3 Å². The van der Waals surface area contributed by atoms with Crippen molar-refractivity contribution in [1.29, 1.82) is 0 Å². The van der Waals surface area contributed by atoms with Gasteiger partial charge in [-0.3, -0.25) is 29.2 Å². The number of aryl methyl sites for hydroxylation is 1. The van der Waals surface area contributed by atoms with Crippen LogP contribution in [0.15, 0.2) is 79.0 Å². The number of pyridine rings is 1. The minimum Gasteiger partial charge on any atom is -0.492 e. The number of methoxy groups -OCH3 is 1. The number of cyclic esters (lactones) is 1. The van der Waals surface area contributed by atoms with Gasteiger partial charge in [-0.1, -0.05) is 70.2 Å². The van der Waals surface area contributed by atoms with Gasteiger partial charge in [-0.05, 0) is 110 Å². The van der Waals surface area contributed by atoms with Gasteiger partial charge in [-0.15, -0.1) is 0 Å². The molecule has 3 N–H and O–H groups in total. The van der Waals surface area contributed by atoms with Crippen LogP contribution in [-0.2, 0) is 54.6 Å². The number of aromatic nitrogens is 2. The van der Waals surface area contributed by atoms with E-state index in [0.717, 1.165) is 55.7 Å². The van der Waals surface area contributed by atoms with Gasteiger partial charge in [-0.25, -0.2) is 5.43 Å². The minimum atomic E-state index is -1.06. The lowest BCUT2D eigenvalue weighted by atomic mass is 9.84. The summed E-state index contributed by atoms with van der Waals surface area (Å²) in [4.78, 5) is 64.4. The standard InChI is InChI=1S/C56H69N7O8/c1-9-62-48-18-17-37-26-42(48)44(51(62)43-27-40(29-58-49(43)34(4)68-8)69-30-35-14-11-10-12-15-35)28-56(5,6)32-71-55(67)45-16-13-21-63(60-45)54(66)46-24-36-22-38(37)25-39(23-36)70-31-47-41(19-20-57-47)53(65)61(7)50(33(2)3)52(64)59-46/h10-12,14-15,17-18,22-23,25-27,29,33-34,41,45-47,50,57,60H,9,13,16,19-21,24,28,30-32H2,1-8H3,(H,59,64)/t34-,41-,45-,46-,47+,50-/m0/s1. The molecule has 6 atom stereocenters. The second-order valence-corrected chi connectivity index (χ2v) is 20.9. The van der Waals surface area contributed by atoms with Crippen molar-refractivity contribution >= 4 is 34.6 Å². The highest BCUT2D eigenvalue weighted by Gasteiger charge is 2.42. The van der Waals surface area contributed by atoms with Gasteiger partial charge in [0.1, 0.15) is 42.8 Å². The summed E-state index contributed by atoms with van der Waals surface area (Å²) < 4.78 is 27.6. The third-order valence-electron chi connectivity index (χ3n) is 14.7. The first-order valence-electron chi connectivity index (χ1n) is 25.3. The Balaban J connectivity index is 1.23. The Kier molecular flexibility index (Phi) is 14.6. The number of hydrogen-bond acceptors (Lipinski definition) is 11. The number of benzene rings is 3. The monoisotopic (exact) mass is 968 g/mol. The van der Waals surface area contributed by atoms with E-state index in [9.17, 15) is 19.2 Å². The Morgan fingerprint density at radius 3 is 2.48 bits per heavy atom. The Bertz CT molecular complexity index is 2790. The fraction of sp³-hybridized carbons (Fsp3) is 0.482. The molecule has 5 aromatic rings. The summed E-state index contributed by atoms with van der Waals surface area (Å²) in [6.07, 6.45) is 3.66. The number of likely N-dealkylation sites (N-methyl/N-ethyl adjacent to an activating group) is 1. The summed E-state index contributed by atoms with van der Waals surface area (Å²) >= 11 is 0. The molecule has 376 valence electrons. The van der Waals surface area contributed by atoms with Crippen LogP contribution in [0.5, 0.6) is 11.5 Å². The average molecular weight is 968 g/mol. The Labute approximate surface area is 416 Å². The number of carbonyl (C=O) groups is 4. The zero-order chi connectivity index (χ0) is 50.1. The van der Waals surface area contributed by atoms with Gasteiger partial charge in [-0.2, -0.15) is 0 Å². The molecule has 0 radical (unpaired) electrons. The molecule has 2 aromatic heterocycles. The SMILES string of the molecule is CCn1c(-c2cc(OCc3ccccc3)cnc2[C@H](C)OC)c2c3cc(ccc31)-c1cc3cc(c1)OC[C@H]1NCC[C@@H]1C(=O)N(C)[C@@H](C(C)C)C(=O)N[C@@H](C3)C(=O)N1CCC[C@H](N1)C(=O)OCC(C)(C)C2. The molecule has 9 rings (SSSR count). The number of hydrazine groups is 1. The van der Waals surface area contributed by atoms with Crippen LogP contribution >= 0.6 is 0 Å². The molecule has 2 saturated heterocycles. The smallest absolute Gasteiger partial charge is 0.324 e. The van der Waals surface area contributed by atoms with Crippen molar-refractivity contribution in [2.24, 2.45) is 17.3 Å². The second kappa shape index (κ2) is 20.8. The maximum atomic E-state index is 14.8. The predicted octanol–water partition coefficient (Wildman–Crippen LogP) is 7.18. The van der Waals surface area contributed by atoms with Crippen LogP contribution < -0.4 is 25.5 Å². The fourth-order valence-corrected chi connectivity index (χ4v) is 11.0. The lowest BCUT2D eigenvalue weighted by Gasteiger charge is -2.37. The largest absolute Gasteiger partial charge is 0.492 e. The van der Waals surface area contributed by atoms with Crippen molar-refractivity contribution in [3.05, 3.63) is 101 Å². The van der Waals surface area contributed by atoms with Gasteiger partial charge < -0.3 is 39.0 Å². The summed E-state index contributed by atoms with van der Waals surface area (Å²) in [5, 5.41) is 9.07. The lowest BCUT2D eigenvalue weighted by Crippen LogP contribution is -2.62. The zero-order valence-electron chi connectivity index (χ0n) is 42.4. The Morgan fingerprint density at radius 1 is 0.915 bits per heavy atom. The van der Waals surface area contributed by atoms with Gasteiger partial charge in [0.15, 0.2) is 0 Å². The van der Waals surface area contributed by atoms with Crippen LogP contribution in [0.1, 0.15) is 89.3 Å². The van der Waals surface area contributed by atoms with Crippen molar-refractivity contribution in [1.82, 2.24) is 35.5 Å². The number of carbonyl (C=O) groups excluding carboxylic acids is 4. The number of rotatable bonds is 8. The number of esters is 1. The first kappa shape index (κ1) is 49.7. The molecule has 0 saturated carbocycles. The molecule has 0 unspecified atom stereocenters. The molecule has 2 fully saturated rings. The highest BCUT2D eigenvalue weighted by molar-refractivity contribution is 5.96. The molecule has 3 aromatic carbocycles. The molecule has 15 heteroatoms. The molecule has 71 heavy (non-hydrogen) atoms. The van der Waals surface area contributed by atoms with E-state index in [2.05, 4.69) is 71.7 Å². The van der Waals surface area contributed by atoms with Crippen LogP contribution in [0, 0.1) is 17.3 Å². The first-order chi connectivity index (χ1) is 34.1. The molecule has 4 aliphatic rings. The molecule has 0 spiro atoms. The van der Waals surface area contributed by atoms with Crippen LogP contribution in [0.4, 0.5) is 0 Å². The van der Waals surface area contributed by atoms with Gasteiger partial charge in [0, 0.05) is 55.5 Å². The van der Waals surface area contributed by atoms with Crippen molar-refractivity contribution in [2.75, 3.05) is 40.5 Å². The summed E-state index contributed by atoms with van der Waals surface area (Å²) in [6.45, 7) is 14.5. The summed E-state index contributed by atoms with van der Waals surface area (Å²) in [6, 6.07) is 21.7. The highest BCUT2D eigenvalue weighted by atomic mass is 16.5. The maximum absolute atomic E-state index is 14.8. The van der Waals surface area contributed by atoms with E-state index in [1.54, 1.807) is 25.3 Å². The van der Waals surface area contributed by atoms with Gasteiger partial charge in [0.2, 0.25) is 11.8 Å². The normalized spacial score (nSPS) is 23.5. The number of amides is 3. The summed E-state index contributed by atoms with van der Waals surface area (Å²) in [5.74, 6) is -0.875. The van der Waals surface area contributed by atoms with Crippen molar-refractivity contribution in [3.63, 3.8) is 0 Å². The third kappa shape index (κ3) is 10.4. The van der Waals surface area contributed by atoms with Crippen molar-refractivity contribution < 1.29 is 38.1 Å². The molecule has 15 nitrogen and oxygen atoms in total. The highest BCUT2D eigenvalue weighted by Crippen LogP contribution is 2.43. The Morgan fingerprint density at radius 2 is 1.72 bits per heavy atom. The molecule has 4 aliphatic heterocycles. The summed E-state index contributed by atoms with van der Waals surface area (Å²) in [7, 11) is 3.36. The van der Waals surface area contributed by atoms with E-state index in [0.29, 0.717) is 63.4 Å². The lowest BCUT2D eigenvalue weighted by molar-refractivity contribution is -0.155. The van der Waals surface area contributed by atoms with E-state index in [-0.39, 0.29) is 49.5 Å². The van der Waals surface area contributed by atoms with E-state index >= 15 is 0 Å². The van der Waals surface area contributed by atoms with E-state index in [4.69, 9.17) is 23.9 Å². The van der Waals surface area contributed by atoms with Gasteiger partial charge in [0.25, 0.3) is 5.91 Å². The number of nitrogens with zero attached hydrogens (tertiary/aromatic N) is 4. The topological polar surface area (TPSA) is 166 Å². The number of ether oxygens (including phenoxy) is 4. The van der Waals surface area contributed by atoms with Crippen molar-refractivity contribution in [2.45, 2.75) is 117 Å². The molecule has 8 bridgehead atoms. The predicted molar refractivity (Wildman–Crippen MR) is 271 cm³/mol. The summed E-state index contributed by atoms with van der Waals surface area (Å²) in [5.41, 5.74) is 10.9. The van der Waals surface area contributed by atoms with Crippen LogP contribution in [-0.4, -0.2) is 108 Å². The van der Waals surface area contributed by atoms with E-state index in [1.807, 2.05) is 63.2 Å². The molecular formula is C56H69N7O8. The number of fused-ring (bicyclic) bond motifs is 8. The number of hydrogen-bond donors (Lipinski definition) is 3. The van der Waals surface area contributed by atoms with E-state index < -0.39 is 41.3 Å². The molecular weight excluding hydrogens is 899 g/mol. The van der Waals surface area contributed by atoms with Gasteiger partial charge >= 0.3 is 5.97 Å². The molecule has 0 aliphatic carbocycles. The third-order valence-corrected chi connectivity index (χ3v) is 14.7. The van der Waals surface area contributed by atoms with Crippen molar-refractivity contribution in [3.8, 4) is 33.9 Å². The van der Waals surface area contributed by atoms with Crippen LogP contribution in [0.25, 0.3) is 33.3 Å². The maximum Gasteiger partial charge on any atom is 0.324 e. The first-order valence-corrected chi connectivity index (χ1v) is 25.3. The minimum absolute atomic E-state index is 0.108. The molecule has 6 heterocycles. The van der Waals surface area contributed by atoms with Crippen LogP contribution in [0.2, 0.25) is 0 Å². The zero-order valence-corrected chi connectivity index (χ0v) is 42.4. The molecule has 3 amide bonds. The van der Waals surface area contributed by atoms with Crippen LogP contribution in [0.3, 0.4) is 0 Å².